The number of likely N-dealkylation sites (tertiary alicyclic amines) is 1. The summed E-state index contributed by atoms with van der Waals surface area (Å²) in [5.41, 5.74) is 6.26. The highest BCUT2D eigenvalue weighted by Gasteiger charge is 2.32. The highest BCUT2D eigenvalue weighted by atomic mass is 19.1. The maximum absolute atomic E-state index is 13.2. The maximum Gasteiger partial charge on any atom is 0.410 e. The fourth-order valence-corrected chi connectivity index (χ4v) is 4.06. The van der Waals surface area contributed by atoms with Gasteiger partial charge in [-0.05, 0) is 49.9 Å². The van der Waals surface area contributed by atoms with Crippen molar-refractivity contribution in [3.63, 3.8) is 0 Å². The van der Waals surface area contributed by atoms with Crippen molar-refractivity contribution in [2.45, 2.75) is 38.3 Å². The van der Waals surface area contributed by atoms with Crippen LogP contribution < -0.4 is 11.1 Å². The fourth-order valence-electron chi connectivity index (χ4n) is 4.06. The molecule has 0 bridgehead atoms. The smallest absolute Gasteiger partial charge is 0.410 e. The summed E-state index contributed by atoms with van der Waals surface area (Å²) < 4.78 is 25.2. The van der Waals surface area contributed by atoms with Crippen molar-refractivity contribution in [3.05, 3.63) is 41.8 Å². The summed E-state index contributed by atoms with van der Waals surface area (Å²) >= 11 is 0. The van der Waals surface area contributed by atoms with Crippen molar-refractivity contribution in [1.29, 1.82) is 5.26 Å². The van der Waals surface area contributed by atoms with E-state index in [2.05, 4.69) is 16.5 Å². The summed E-state index contributed by atoms with van der Waals surface area (Å²) in [6, 6.07) is 7.51. The molecule has 34 heavy (non-hydrogen) atoms. The Bertz CT molecular complexity index is 1030. The zero-order valence-electron chi connectivity index (χ0n) is 19.2. The van der Waals surface area contributed by atoms with E-state index in [1.165, 1.54) is 30.5 Å². The van der Waals surface area contributed by atoms with Crippen molar-refractivity contribution in [2.75, 3.05) is 32.1 Å². The number of rotatable bonds is 9. The van der Waals surface area contributed by atoms with E-state index in [9.17, 15) is 19.2 Å². The topological polar surface area (TPSA) is 136 Å². The predicted octanol–water partition coefficient (Wildman–Crippen LogP) is 3.20. The number of carbonyl (C=O) groups excluding carboxylic acids is 2. The Morgan fingerprint density at radius 2 is 2.00 bits per heavy atom. The number of nitrogens with one attached hydrogen (secondary N) is 1. The van der Waals surface area contributed by atoms with E-state index in [-0.39, 0.29) is 47.8 Å². The fraction of sp³-hybridized carbons (Fsp3) is 0.478. The molecule has 0 spiro atoms. The molecule has 2 aromatic rings. The van der Waals surface area contributed by atoms with Crippen LogP contribution in [0.2, 0.25) is 0 Å². The van der Waals surface area contributed by atoms with E-state index in [1.54, 1.807) is 23.6 Å². The van der Waals surface area contributed by atoms with Crippen LogP contribution in [0.15, 0.2) is 30.5 Å². The molecule has 0 radical (unpaired) electrons. The van der Waals surface area contributed by atoms with Gasteiger partial charge in [0.1, 0.15) is 17.5 Å². The quantitative estimate of drug-likeness (QED) is 0.572. The van der Waals surface area contributed by atoms with Crippen LogP contribution in [-0.2, 0) is 9.47 Å². The number of ether oxygens (including phenoxy) is 2. The average Bonchev–Trinajstić information content (AvgIpc) is 3.23. The third kappa shape index (κ3) is 6.23. The van der Waals surface area contributed by atoms with Gasteiger partial charge in [0.15, 0.2) is 5.82 Å². The van der Waals surface area contributed by atoms with Gasteiger partial charge in [-0.25, -0.2) is 9.18 Å². The van der Waals surface area contributed by atoms with Crippen molar-refractivity contribution >= 4 is 23.5 Å². The lowest BCUT2D eigenvalue weighted by atomic mass is 9.88. The van der Waals surface area contributed by atoms with Gasteiger partial charge in [-0.2, -0.15) is 10.4 Å². The van der Waals surface area contributed by atoms with Crippen LogP contribution in [0.3, 0.4) is 0 Å². The van der Waals surface area contributed by atoms with E-state index in [0.29, 0.717) is 38.2 Å². The average molecular weight is 473 g/mol. The molecule has 2 amide bonds. The monoisotopic (exact) mass is 472 g/mol. The van der Waals surface area contributed by atoms with Gasteiger partial charge in [-0.15, -0.1) is 0 Å². The summed E-state index contributed by atoms with van der Waals surface area (Å²) in [5.74, 6) is -0.771. The van der Waals surface area contributed by atoms with Crippen LogP contribution in [0.5, 0.6) is 0 Å². The molecule has 1 saturated heterocycles. The molecule has 1 aromatic carbocycles. The molecule has 2 atom stereocenters. The number of hydrogen-bond donors (Lipinski definition) is 2. The van der Waals surface area contributed by atoms with Gasteiger partial charge >= 0.3 is 6.09 Å². The Morgan fingerprint density at radius 3 is 2.59 bits per heavy atom. The van der Waals surface area contributed by atoms with Crippen LogP contribution in [0, 0.1) is 23.1 Å². The lowest BCUT2D eigenvalue weighted by molar-refractivity contribution is 0.0209. The Kier molecular flexibility index (Phi) is 8.43. The molecule has 2 heterocycles. The standard InChI is InChI=1S/C23H29FN6O4/c1-15(14-33-2)34-23(32)29-11-8-16(9-12-29)20(7-10-25)30-13-19(21(26)31)22(28-30)27-18-5-3-17(24)4-6-18/h3-6,13,15-16,20H,7-9,11-12,14H2,1-2H3,(H2,26,31)(H,27,28). The number of hydrogen-bond acceptors (Lipinski definition) is 7. The summed E-state index contributed by atoms with van der Waals surface area (Å²) in [5, 5.41) is 16.9. The summed E-state index contributed by atoms with van der Waals surface area (Å²) in [6.07, 6.45) is 2.27. The number of primary amides is 1. The molecule has 10 nitrogen and oxygen atoms in total. The summed E-state index contributed by atoms with van der Waals surface area (Å²) in [6.45, 7) is 3.05. The van der Waals surface area contributed by atoms with Gasteiger partial charge in [-0.3, -0.25) is 9.48 Å². The molecule has 2 unspecified atom stereocenters. The SMILES string of the molecule is COCC(C)OC(=O)N1CCC(C(CC#N)n2cc(C(N)=O)c(Nc3ccc(F)cc3)n2)CC1. The second-order valence-electron chi connectivity index (χ2n) is 8.27. The number of anilines is 2. The molecule has 1 aliphatic heterocycles. The second-order valence-corrected chi connectivity index (χ2v) is 8.27. The van der Waals surface area contributed by atoms with E-state index < -0.39 is 5.91 Å². The van der Waals surface area contributed by atoms with E-state index in [1.807, 2.05) is 0 Å². The minimum Gasteiger partial charge on any atom is -0.444 e. The molecule has 0 aliphatic carbocycles. The molecule has 182 valence electrons. The number of nitriles is 1. The van der Waals surface area contributed by atoms with Crippen LogP contribution in [0.25, 0.3) is 0 Å². The number of carbonyl (C=O) groups is 2. The van der Waals surface area contributed by atoms with Gasteiger partial charge in [0.25, 0.3) is 5.91 Å². The lowest BCUT2D eigenvalue weighted by Crippen LogP contribution is -2.42. The van der Waals surface area contributed by atoms with Gasteiger partial charge in [0.2, 0.25) is 0 Å². The lowest BCUT2D eigenvalue weighted by Gasteiger charge is -2.35. The highest BCUT2D eigenvalue weighted by Crippen LogP contribution is 2.33. The molecule has 1 aliphatic rings. The number of methoxy groups -OCH3 is 1. The van der Waals surface area contributed by atoms with E-state index >= 15 is 0 Å². The van der Waals surface area contributed by atoms with E-state index in [4.69, 9.17) is 15.2 Å². The first-order chi connectivity index (χ1) is 16.3. The number of aromatic nitrogens is 2. The second kappa shape index (κ2) is 11.5. The number of nitrogens with zero attached hydrogens (tertiary/aromatic N) is 4. The minimum atomic E-state index is -0.672. The predicted molar refractivity (Wildman–Crippen MR) is 122 cm³/mol. The Hall–Kier alpha value is -3.65. The van der Waals surface area contributed by atoms with Gasteiger partial charge in [-0.1, -0.05) is 0 Å². The third-order valence-corrected chi connectivity index (χ3v) is 5.79. The van der Waals surface area contributed by atoms with Crippen LogP contribution >= 0.6 is 0 Å². The molecule has 11 heteroatoms. The number of amides is 2. The van der Waals surface area contributed by atoms with Gasteiger partial charge in [0, 0.05) is 32.1 Å². The van der Waals surface area contributed by atoms with Gasteiger partial charge < -0.3 is 25.4 Å². The Labute approximate surface area is 197 Å². The zero-order valence-corrected chi connectivity index (χ0v) is 19.2. The summed E-state index contributed by atoms with van der Waals surface area (Å²) in [7, 11) is 1.55. The van der Waals surface area contributed by atoms with Crippen LogP contribution in [0.1, 0.15) is 42.6 Å². The zero-order chi connectivity index (χ0) is 24.7. The first-order valence-electron chi connectivity index (χ1n) is 11.0. The number of benzene rings is 1. The number of halogens is 1. The molecular formula is C23H29FN6O4. The summed E-state index contributed by atoms with van der Waals surface area (Å²) in [4.78, 5) is 26.0. The Morgan fingerprint density at radius 1 is 1.32 bits per heavy atom. The Balaban J connectivity index is 1.72. The van der Waals surface area contributed by atoms with E-state index in [0.717, 1.165) is 0 Å². The van der Waals surface area contributed by atoms with Crippen LogP contribution in [0.4, 0.5) is 20.7 Å². The molecule has 3 N–H and O–H groups in total. The first-order valence-corrected chi connectivity index (χ1v) is 11.0. The first kappa shape index (κ1) is 25.0. The van der Waals surface area contributed by atoms with Crippen molar-refractivity contribution in [3.8, 4) is 6.07 Å². The van der Waals surface area contributed by atoms with Gasteiger partial charge in [0.05, 0.1) is 25.1 Å². The van der Waals surface area contributed by atoms with Crippen LogP contribution in [-0.4, -0.2) is 59.6 Å². The van der Waals surface area contributed by atoms with Crippen molar-refractivity contribution in [1.82, 2.24) is 14.7 Å². The molecule has 1 fully saturated rings. The minimum absolute atomic E-state index is 0.0550. The normalized spacial score (nSPS) is 15.9. The maximum atomic E-state index is 13.2. The van der Waals surface area contributed by atoms with Crippen molar-refractivity contribution in [2.24, 2.45) is 11.7 Å². The largest absolute Gasteiger partial charge is 0.444 e. The highest BCUT2D eigenvalue weighted by molar-refractivity contribution is 5.98. The number of piperidine rings is 1. The molecular weight excluding hydrogens is 443 g/mol. The molecule has 3 rings (SSSR count). The molecule has 0 saturated carbocycles. The number of nitrogens with two attached hydrogens (primary N) is 1. The third-order valence-electron chi connectivity index (χ3n) is 5.79. The van der Waals surface area contributed by atoms with Crippen molar-refractivity contribution < 1.29 is 23.5 Å². The molecule has 1 aromatic heterocycles.